The second-order valence-electron chi connectivity index (χ2n) is 4.01. The standard InChI is InChI=1S/C9H15NO2.ClH/c1-12-9(11)6-2-5-4-8(10)7(5)3-6;/h5-8H,2-4,10H2,1H3;1H. The van der Waals surface area contributed by atoms with Crippen LogP contribution in [-0.4, -0.2) is 19.1 Å². The zero-order valence-corrected chi connectivity index (χ0v) is 8.55. The van der Waals surface area contributed by atoms with E-state index in [9.17, 15) is 4.79 Å². The fraction of sp³-hybridized carbons (Fsp3) is 0.889. The minimum Gasteiger partial charge on any atom is -0.469 e. The summed E-state index contributed by atoms with van der Waals surface area (Å²) >= 11 is 0. The molecule has 0 bridgehead atoms. The molecule has 4 heteroatoms. The molecule has 0 aliphatic heterocycles. The van der Waals surface area contributed by atoms with Gasteiger partial charge in [-0.05, 0) is 31.1 Å². The second kappa shape index (κ2) is 3.84. The molecule has 2 aliphatic carbocycles. The highest BCUT2D eigenvalue weighted by atomic mass is 35.5. The van der Waals surface area contributed by atoms with Gasteiger partial charge in [-0.2, -0.15) is 0 Å². The minimum absolute atomic E-state index is 0. The maximum atomic E-state index is 11.2. The molecule has 2 fully saturated rings. The first-order valence-corrected chi connectivity index (χ1v) is 4.55. The Balaban J connectivity index is 0.000000845. The third kappa shape index (κ3) is 1.67. The Morgan fingerprint density at radius 3 is 2.54 bits per heavy atom. The van der Waals surface area contributed by atoms with Crippen LogP contribution in [0.2, 0.25) is 0 Å². The van der Waals surface area contributed by atoms with E-state index in [0.717, 1.165) is 19.3 Å². The molecule has 2 saturated carbocycles. The molecule has 0 saturated heterocycles. The smallest absolute Gasteiger partial charge is 0.308 e. The molecule has 2 N–H and O–H groups in total. The third-order valence-corrected chi connectivity index (χ3v) is 3.41. The molecule has 4 unspecified atom stereocenters. The molecular weight excluding hydrogens is 190 g/mol. The summed E-state index contributed by atoms with van der Waals surface area (Å²) in [5.74, 6) is 1.41. The van der Waals surface area contributed by atoms with Gasteiger partial charge in [-0.3, -0.25) is 4.79 Å². The number of hydrogen-bond donors (Lipinski definition) is 1. The number of methoxy groups -OCH3 is 1. The van der Waals surface area contributed by atoms with Crippen LogP contribution in [0.15, 0.2) is 0 Å². The summed E-state index contributed by atoms with van der Waals surface area (Å²) < 4.78 is 4.71. The Morgan fingerprint density at radius 2 is 2.08 bits per heavy atom. The first-order chi connectivity index (χ1) is 5.72. The van der Waals surface area contributed by atoms with Gasteiger partial charge >= 0.3 is 5.97 Å². The van der Waals surface area contributed by atoms with Crippen LogP contribution in [0.25, 0.3) is 0 Å². The lowest BCUT2D eigenvalue weighted by Crippen LogP contribution is -2.44. The number of hydrogen-bond acceptors (Lipinski definition) is 3. The fourth-order valence-corrected chi connectivity index (χ4v) is 2.64. The Bertz CT molecular complexity index is 210. The summed E-state index contributed by atoms with van der Waals surface area (Å²) in [6.45, 7) is 0. The number of carbonyl (C=O) groups is 1. The number of esters is 1. The van der Waals surface area contributed by atoms with E-state index in [-0.39, 0.29) is 24.3 Å². The van der Waals surface area contributed by atoms with Crippen LogP contribution in [0.4, 0.5) is 0 Å². The number of rotatable bonds is 1. The average Bonchev–Trinajstić information content (AvgIpc) is 2.41. The lowest BCUT2D eigenvalue weighted by atomic mass is 9.72. The van der Waals surface area contributed by atoms with Gasteiger partial charge < -0.3 is 10.5 Å². The van der Waals surface area contributed by atoms with Gasteiger partial charge in [0.25, 0.3) is 0 Å². The molecule has 0 aromatic rings. The largest absolute Gasteiger partial charge is 0.469 e. The Labute approximate surface area is 84.4 Å². The van der Waals surface area contributed by atoms with E-state index < -0.39 is 0 Å². The summed E-state index contributed by atoms with van der Waals surface area (Å²) in [4.78, 5) is 11.2. The normalized spacial score (nSPS) is 41.4. The molecule has 2 aliphatic rings. The van der Waals surface area contributed by atoms with Crippen molar-refractivity contribution in [2.24, 2.45) is 23.5 Å². The van der Waals surface area contributed by atoms with Crippen LogP contribution in [-0.2, 0) is 9.53 Å². The van der Waals surface area contributed by atoms with Crippen LogP contribution >= 0.6 is 12.4 Å². The Morgan fingerprint density at radius 1 is 1.38 bits per heavy atom. The van der Waals surface area contributed by atoms with Gasteiger partial charge in [0.2, 0.25) is 0 Å². The first-order valence-electron chi connectivity index (χ1n) is 4.55. The summed E-state index contributed by atoms with van der Waals surface area (Å²) in [5, 5.41) is 0. The highest BCUT2D eigenvalue weighted by molar-refractivity contribution is 5.85. The summed E-state index contributed by atoms with van der Waals surface area (Å²) in [6.07, 6.45) is 3.07. The second-order valence-corrected chi connectivity index (χ2v) is 4.01. The van der Waals surface area contributed by atoms with E-state index in [2.05, 4.69) is 0 Å². The first kappa shape index (κ1) is 10.8. The lowest BCUT2D eigenvalue weighted by Gasteiger charge is -2.37. The van der Waals surface area contributed by atoms with Crippen molar-refractivity contribution in [3.63, 3.8) is 0 Å². The fourth-order valence-electron chi connectivity index (χ4n) is 2.64. The van der Waals surface area contributed by atoms with Crippen LogP contribution < -0.4 is 5.73 Å². The van der Waals surface area contributed by atoms with Crippen molar-refractivity contribution >= 4 is 18.4 Å². The molecular formula is C9H16ClNO2. The number of fused-ring (bicyclic) bond motifs is 1. The van der Waals surface area contributed by atoms with E-state index in [1.807, 2.05) is 0 Å². The SMILES string of the molecule is COC(=O)C1CC2CC(N)C2C1.Cl. The van der Waals surface area contributed by atoms with Gasteiger partial charge in [0, 0.05) is 6.04 Å². The predicted octanol–water partition coefficient (Wildman–Crippen LogP) is 0.955. The zero-order chi connectivity index (χ0) is 8.72. The molecule has 0 aromatic carbocycles. The number of halogens is 1. The van der Waals surface area contributed by atoms with E-state index >= 15 is 0 Å². The maximum Gasteiger partial charge on any atom is 0.308 e. The Hall–Kier alpha value is -0.280. The molecule has 0 heterocycles. The molecule has 13 heavy (non-hydrogen) atoms. The van der Waals surface area contributed by atoms with Gasteiger partial charge in [-0.25, -0.2) is 0 Å². The van der Waals surface area contributed by atoms with Crippen LogP contribution in [0, 0.1) is 17.8 Å². The molecule has 0 spiro atoms. The predicted molar refractivity (Wildman–Crippen MR) is 51.6 cm³/mol. The molecule has 2 rings (SSSR count). The highest BCUT2D eigenvalue weighted by Gasteiger charge is 2.48. The van der Waals surface area contributed by atoms with Crippen molar-refractivity contribution in [2.75, 3.05) is 7.11 Å². The maximum absolute atomic E-state index is 11.2. The van der Waals surface area contributed by atoms with Gasteiger partial charge in [0.15, 0.2) is 0 Å². The number of carbonyl (C=O) groups excluding carboxylic acids is 1. The van der Waals surface area contributed by atoms with Crippen molar-refractivity contribution in [3.05, 3.63) is 0 Å². The minimum atomic E-state index is -0.0448. The quantitative estimate of drug-likeness (QED) is 0.649. The molecule has 3 nitrogen and oxygen atoms in total. The highest BCUT2D eigenvalue weighted by Crippen LogP contribution is 2.48. The summed E-state index contributed by atoms with van der Waals surface area (Å²) in [5.41, 5.74) is 5.82. The Kier molecular flexibility index (Phi) is 3.19. The van der Waals surface area contributed by atoms with Gasteiger partial charge in [0.05, 0.1) is 13.0 Å². The molecule has 0 aromatic heterocycles. The topological polar surface area (TPSA) is 52.3 Å². The van der Waals surface area contributed by atoms with Crippen LogP contribution in [0.3, 0.4) is 0 Å². The van der Waals surface area contributed by atoms with Crippen LogP contribution in [0.5, 0.6) is 0 Å². The van der Waals surface area contributed by atoms with Crippen molar-refractivity contribution in [3.8, 4) is 0 Å². The van der Waals surface area contributed by atoms with E-state index in [1.165, 1.54) is 7.11 Å². The zero-order valence-electron chi connectivity index (χ0n) is 7.73. The average molecular weight is 206 g/mol. The molecule has 0 amide bonds. The molecule has 0 radical (unpaired) electrons. The van der Waals surface area contributed by atoms with Crippen molar-refractivity contribution in [1.29, 1.82) is 0 Å². The van der Waals surface area contributed by atoms with Crippen LogP contribution in [0.1, 0.15) is 19.3 Å². The monoisotopic (exact) mass is 205 g/mol. The molecule has 76 valence electrons. The van der Waals surface area contributed by atoms with E-state index in [4.69, 9.17) is 10.5 Å². The lowest BCUT2D eigenvalue weighted by molar-refractivity contribution is -0.145. The van der Waals surface area contributed by atoms with Gasteiger partial charge in [-0.15, -0.1) is 12.4 Å². The van der Waals surface area contributed by atoms with Crippen molar-refractivity contribution in [1.82, 2.24) is 0 Å². The van der Waals surface area contributed by atoms with Gasteiger partial charge in [-0.1, -0.05) is 0 Å². The van der Waals surface area contributed by atoms with E-state index in [0.29, 0.717) is 17.9 Å². The number of ether oxygens (including phenoxy) is 1. The summed E-state index contributed by atoms with van der Waals surface area (Å²) in [7, 11) is 1.46. The van der Waals surface area contributed by atoms with Crippen molar-refractivity contribution < 1.29 is 9.53 Å². The van der Waals surface area contributed by atoms with Gasteiger partial charge in [0.1, 0.15) is 0 Å². The third-order valence-electron chi connectivity index (χ3n) is 3.41. The van der Waals surface area contributed by atoms with E-state index in [1.54, 1.807) is 0 Å². The molecule has 4 atom stereocenters. The number of nitrogens with two attached hydrogens (primary N) is 1. The van der Waals surface area contributed by atoms with Crippen molar-refractivity contribution in [2.45, 2.75) is 25.3 Å². The summed E-state index contributed by atoms with van der Waals surface area (Å²) in [6, 6.07) is 0.352.